The van der Waals surface area contributed by atoms with Crippen molar-refractivity contribution in [2.75, 3.05) is 44.3 Å². The summed E-state index contributed by atoms with van der Waals surface area (Å²) in [6.07, 6.45) is 2.11. The topological polar surface area (TPSA) is 99.2 Å². The predicted octanol–water partition coefficient (Wildman–Crippen LogP) is 2.46. The number of nitrogens with one attached hydrogen (secondary N) is 1. The minimum absolute atomic E-state index is 0.0836. The molecule has 0 aliphatic carbocycles. The first-order chi connectivity index (χ1) is 15.1. The van der Waals surface area contributed by atoms with Gasteiger partial charge in [0.15, 0.2) is 9.84 Å². The summed E-state index contributed by atoms with van der Waals surface area (Å²) in [6, 6.07) is 11.8. The number of benzene rings is 2. The van der Waals surface area contributed by atoms with E-state index in [4.69, 9.17) is 11.6 Å². The molecule has 2 aromatic rings. The maximum atomic E-state index is 12.6. The van der Waals surface area contributed by atoms with E-state index in [1.54, 1.807) is 24.3 Å². The Morgan fingerprint density at radius 2 is 1.72 bits per heavy atom. The van der Waals surface area contributed by atoms with Crippen molar-refractivity contribution in [3.8, 4) is 0 Å². The number of anilines is 1. The Kier molecular flexibility index (Phi) is 6.60. The summed E-state index contributed by atoms with van der Waals surface area (Å²) in [4.78, 5) is 4.84. The van der Waals surface area contributed by atoms with Gasteiger partial charge < -0.3 is 5.32 Å². The van der Waals surface area contributed by atoms with Gasteiger partial charge in [-0.1, -0.05) is 29.8 Å². The molecule has 2 aromatic carbocycles. The van der Waals surface area contributed by atoms with Crippen LogP contribution in [0.2, 0.25) is 5.02 Å². The van der Waals surface area contributed by atoms with Crippen LogP contribution in [0, 0.1) is 0 Å². The van der Waals surface area contributed by atoms with Crippen LogP contribution in [0.25, 0.3) is 0 Å². The van der Waals surface area contributed by atoms with Gasteiger partial charge in [-0.25, -0.2) is 8.42 Å². The lowest BCUT2D eigenvalue weighted by Gasteiger charge is -2.25. The van der Waals surface area contributed by atoms with E-state index in [9.17, 15) is 16.8 Å². The van der Waals surface area contributed by atoms with E-state index in [2.05, 4.69) is 19.5 Å². The average Bonchev–Trinajstić information content (AvgIpc) is 2.93. The second-order valence-electron chi connectivity index (χ2n) is 8.06. The summed E-state index contributed by atoms with van der Waals surface area (Å²) in [5.41, 5.74) is 1.27. The van der Waals surface area contributed by atoms with Crippen molar-refractivity contribution in [3.63, 3.8) is 0 Å². The molecule has 0 aromatic heterocycles. The molecule has 0 saturated carbocycles. The number of nitrogens with zero attached hydrogens (tertiary/aromatic N) is 3. The Morgan fingerprint density at radius 3 is 2.44 bits per heavy atom. The molecule has 0 atom stereocenters. The monoisotopic (exact) mass is 496 g/mol. The van der Waals surface area contributed by atoms with Crippen LogP contribution >= 0.6 is 11.6 Å². The Labute approximate surface area is 193 Å². The Hall–Kier alpha value is -1.98. The van der Waals surface area contributed by atoms with E-state index >= 15 is 0 Å². The highest BCUT2D eigenvalue weighted by Gasteiger charge is 2.27. The lowest BCUT2D eigenvalue weighted by atomic mass is 10.2. The van der Waals surface area contributed by atoms with Gasteiger partial charge in [0, 0.05) is 30.9 Å². The van der Waals surface area contributed by atoms with E-state index in [1.807, 2.05) is 12.1 Å². The van der Waals surface area contributed by atoms with Crippen LogP contribution < -0.4 is 5.32 Å². The van der Waals surface area contributed by atoms with Crippen molar-refractivity contribution < 1.29 is 16.8 Å². The van der Waals surface area contributed by atoms with Crippen molar-refractivity contribution in [1.82, 2.24) is 9.80 Å². The molecule has 2 aliphatic heterocycles. The summed E-state index contributed by atoms with van der Waals surface area (Å²) in [5, 5.41) is 3.46. The highest BCUT2D eigenvalue weighted by Crippen LogP contribution is 2.30. The van der Waals surface area contributed by atoms with Gasteiger partial charge in [0.1, 0.15) is 10.7 Å². The molecule has 8 nitrogen and oxygen atoms in total. The summed E-state index contributed by atoms with van der Waals surface area (Å²) in [6.45, 7) is 4.01. The van der Waals surface area contributed by atoms with Gasteiger partial charge in [0.25, 0.3) is 10.0 Å². The highest BCUT2D eigenvalue weighted by molar-refractivity contribution is 7.91. The highest BCUT2D eigenvalue weighted by atomic mass is 35.5. The zero-order chi connectivity index (χ0) is 22.9. The summed E-state index contributed by atoms with van der Waals surface area (Å²) >= 11 is 5.93. The number of fused-ring (bicyclic) bond motifs is 1. The SMILES string of the molecule is CS(=O)(=O)c1ccccc1CN1CCCN(CC2=NS(=O)(=O)c3cc(Cl)ccc3N2)CC1. The van der Waals surface area contributed by atoms with Crippen LogP contribution in [0.3, 0.4) is 0 Å². The van der Waals surface area contributed by atoms with Crippen molar-refractivity contribution in [2.45, 2.75) is 22.8 Å². The molecule has 1 saturated heterocycles. The lowest BCUT2D eigenvalue weighted by Crippen LogP contribution is -2.38. The largest absolute Gasteiger partial charge is 0.341 e. The number of sulfonamides is 1. The van der Waals surface area contributed by atoms with Crippen LogP contribution in [0.15, 0.2) is 56.7 Å². The van der Waals surface area contributed by atoms with Crippen molar-refractivity contribution in [1.29, 1.82) is 0 Å². The zero-order valence-corrected chi connectivity index (χ0v) is 20.0. The number of sulfone groups is 1. The number of rotatable bonds is 5. The molecular weight excluding hydrogens is 472 g/mol. The summed E-state index contributed by atoms with van der Waals surface area (Å²) in [5.74, 6) is 0.385. The van der Waals surface area contributed by atoms with E-state index in [0.29, 0.717) is 34.5 Å². The van der Waals surface area contributed by atoms with Gasteiger partial charge in [0.05, 0.1) is 17.1 Å². The fourth-order valence-electron chi connectivity index (χ4n) is 4.04. The van der Waals surface area contributed by atoms with E-state index < -0.39 is 19.9 Å². The Balaban J connectivity index is 1.42. The molecule has 2 heterocycles. The Bertz CT molecular complexity index is 1260. The van der Waals surface area contributed by atoms with Gasteiger partial charge in [-0.15, -0.1) is 4.40 Å². The van der Waals surface area contributed by atoms with Crippen LogP contribution in [0.5, 0.6) is 0 Å². The lowest BCUT2D eigenvalue weighted by molar-refractivity contribution is 0.263. The first-order valence-electron chi connectivity index (χ1n) is 10.2. The molecule has 4 rings (SSSR count). The number of hydrogen-bond donors (Lipinski definition) is 1. The van der Waals surface area contributed by atoms with Crippen molar-refractivity contribution in [3.05, 3.63) is 53.1 Å². The number of halogens is 1. The first kappa shape index (κ1) is 23.2. The first-order valence-corrected chi connectivity index (χ1v) is 14.0. The third kappa shape index (κ3) is 5.32. The van der Waals surface area contributed by atoms with Gasteiger partial charge >= 0.3 is 0 Å². The van der Waals surface area contributed by atoms with Crippen molar-refractivity contribution in [2.24, 2.45) is 4.40 Å². The summed E-state index contributed by atoms with van der Waals surface area (Å²) in [7, 11) is -7.08. The standard InChI is InChI=1S/C21H25ClN4O4S2/c1-31(27,28)19-6-3-2-5-16(19)14-25-9-4-10-26(12-11-25)15-21-23-18-8-7-17(22)13-20(18)32(29,30)24-21/h2-3,5-8,13H,4,9-12,14-15H2,1H3,(H,23,24). The zero-order valence-electron chi connectivity index (χ0n) is 17.7. The van der Waals surface area contributed by atoms with Gasteiger partial charge in [-0.05, 0) is 49.3 Å². The normalized spacial score (nSPS) is 19.5. The molecule has 1 fully saturated rings. The maximum absolute atomic E-state index is 12.6. The molecule has 0 unspecified atom stereocenters. The molecule has 2 aliphatic rings. The second-order valence-corrected chi connectivity index (χ2v) is 12.1. The molecule has 11 heteroatoms. The smallest absolute Gasteiger partial charge is 0.286 e. The molecule has 0 spiro atoms. The van der Waals surface area contributed by atoms with Crippen LogP contribution in [-0.4, -0.2) is 71.5 Å². The molecule has 0 bridgehead atoms. The summed E-state index contributed by atoms with van der Waals surface area (Å²) < 4.78 is 53.2. The maximum Gasteiger partial charge on any atom is 0.286 e. The van der Waals surface area contributed by atoms with Crippen LogP contribution in [0.1, 0.15) is 12.0 Å². The molecule has 1 N–H and O–H groups in total. The van der Waals surface area contributed by atoms with E-state index in [-0.39, 0.29) is 4.90 Å². The van der Waals surface area contributed by atoms with E-state index in [0.717, 1.165) is 38.2 Å². The van der Waals surface area contributed by atoms with Gasteiger partial charge in [-0.2, -0.15) is 8.42 Å². The average molecular weight is 497 g/mol. The quantitative estimate of drug-likeness (QED) is 0.678. The van der Waals surface area contributed by atoms with Gasteiger partial charge in [-0.3, -0.25) is 9.80 Å². The molecule has 32 heavy (non-hydrogen) atoms. The minimum atomic E-state index is -3.80. The Morgan fingerprint density at radius 1 is 1.03 bits per heavy atom. The van der Waals surface area contributed by atoms with Crippen LogP contribution in [0.4, 0.5) is 5.69 Å². The molecule has 172 valence electrons. The third-order valence-electron chi connectivity index (χ3n) is 5.55. The van der Waals surface area contributed by atoms with Gasteiger partial charge in [0.2, 0.25) is 0 Å². The molecule has 0 amide bonds. The fraction of sp³-hybridized carbons (Fsp3) is 0.381. The minimum Gasteiger partial charge on any atom is -0.341 e. The number of hydrogen-bond acceptors (Lipinski definition) is 7. The number of amidine groups is 1. The molecule has 0 radical (unpaired) electrons. The molecular formula is C21H25ClN4O4S2. The van der Waals surface area contributed by atoms with E-state index in [1.165, 1.54) is 12.3 Å². The van der Waals surface area contributed by atoms with Crippen LogP contribution in [-0.2, 0) is 26.4 Å². The van der Waals surface area contributed by atoms with Crippen molar-refractivity contribution >= 4 is 43.0 Å². The third-order valence-corrected chi connectivity index (χ3v) is 8.34. The fourth-order valence-corrected chi connectivity index (χ4v) is 6.38. The predicted molar refractivity (Wildman–Crippen MR) is 126 cm³/mol. The second kappa shape index (κ2) is 9.11.